The van der Waals surface area contributed by atoms with Crippen molar-refractivity contribution >= 4 is 43.5 Å². The molecule has 1 unspecified atom stereocenters. The zero-order valence-corrected chi connectivity index (χ0v) is 26.0. The number of anilines is 1. The van der Waals surface area contributed by atoms with Crippen LogP contribution in [0.4, 0.5) is 5.69 Å². The summed E-state index contributed by atoms with van der Waals surface area (Å²) >= 11 is 3.43. The highest BCUT2D eigenvalue weighted by molar-refractivity contribution is 9.10. The molecule has 0 fully saturated rings. The predicted molar refractivity (Wildman–Crippen MR) is 169 cm³/mol. The molecule has 0 aromatic heterocycles. The SMILES string of the molecule is CCNC(=O)C(Cc1ccccc1)N(Cc1ccc(C)cc1)C(=O)CN(c1cccc(Br)c1)S(=O)(=O)c1ccccc1. The second-order valence-corrected chi connectivity index (χ2v) is 12.7. The number of likely N-dealkylation sites (N-methyl/N-ethyl adjacent to an activating group) is 1. The Bertz CT molecular complexity index is 1600. The molecule has 1 atom stereocenters. The standard InChI is InChI=1S/C33H34BrN3O4S/c1-3-35-33(39)31(21-26-11-6-4-7-12-26)36(23-27-19-17-25(2)18-20-27)32(38)24-37(29-14-10-13-28(34)22-29)42(40,41)30-15-8-5-9-16-30/h4-20,22,31H,3,21,23-24H2,1-2H3,(H,35,39). The Morgan fingerprint density at radius 3 is 2.10 bits per heavy atom. The third-order valence-electron chi connectivity index (χ3n) is 6.80. The van der Waals surface area contributed by atoms with E-state index in [-0.39, 0.29) is 23.8 Å². The number of hydrogen-bond donors (Lipinski definition) is 1. The molecule has 7 nitrogen and oxygen atoms in total. The third kappa shape index (κ3) is 7.86. The number of carbonyl (C=O) groups excluding carboxylic acids is 2. The van der Waals surface area contributed by atoms with Gasteiger partial charge >= 0.3 is 0 Å². The maximum atomic E-state index is 14.3. The smallest absolute Gasteiger partial charge is 0.264 e. The monoisotopic (exact) mass is 647 g/mol. The minimum absolute atomic E-state index is 0.0624. The van der Waals surface area contributed by atoms with Gasteiger partial charge in [-0.05, 0) is 55.3 Å². The number of nitrogens with one attached hydrogen (secondary N) is 1. The van der Waals surface area contributed by atoms with E-state index >= 15 is 0 Å². The van der Waals surface area contributed by atoms with Gasteiger partial charge in [0.1, 0.15) is 12.6 Å². The van der Waals surface area contributed by atoms with Gasteiger partial charge in [-0.3, -0.25) is 13.9 Å². The largest absolute Gasteiger partial charge is 0.355 e. The van der Waals surface area contributed by atoms with Crippen LogP contribution in [0, 0.1) is 6.92 Å². The Balaban J connectivity index is 1.78. The van der Waals surface area contributed by atoms with E-state index in [1.165, 1.54) is 17.0 Å². The lowest BCUT2D eigenvalue weighted by atomic mass is 10.0. The summed E-state index contributed by atoms with van der Waals surface area (Å²) in [6, 6.07) is 31.2. The molecule has 218 valence electrons. The number of halogens is 1. The first-order valence-electron chi connectivity index (χ1n) is 13.7. The van der Waals surface area contributed by atoms with Gasteiger partial charge in [-0.25, -0.2) is 8.42 Å². The first-order valence-corrected chi connectivity index (χ1v) is 15.9. The van der Waals surface area contributed by atoms with Crippen molar-refractivity contribution in [3.8, 4) is 0 Å². The zero-order valence-electron chi connectivity index (χ0n) is 23.6. The fourth-order valence-corrected chi connectivity index (χ4v) is 6.43. The Kier molecular flexibility index (Phi) is 10.5. The van der Waals surface area contributed by atoms with Crippen molar-refractivity contribution in [1.82, 2.24) is 10.2 Å². The van der Waals surface area contributed by atoms with Gasteiger partial charge in [0.05, 0.1) is 10.6 Å². The van der Waals surface area contributed by atoms with E-state index in [0.29, 0.717) is 16.7 Å². The predicted octanol–water partition coefficient (Wildman–Crippen LogP) is 5.73. The molecule has 0 radical (unpaired) electrons. The average Bonchev–Trinajstić information content (AvgIpc) is 2.99. The number of benzene rings is 4. The molecule has 1 N–H and O–H groups in total. The van der Waals surface area contributed by atoms with Crippen LogP contribution in [0.15, 0.2) is 119 Å². The van der Waals surface area contributed by atoms with E-state index in [1.54, 1.807) is 42.5 Å². The summed E-state index contributed by atoms with van der Waals surface area (Å²) in [4.78, 5) is 29.4. The number of aryl methyl sites for hydroxylation is 1. The van der Waals surface area contributed by atoms with Crippen molar-refractivity contribution in [1.29, 1.82) is 0 Å². The number of sulfonamides is 1. The number of hydrogen-bond acceptors (Lipinski definition) is 4. The first-order chi connectivity index (χ1) is 20.2. The summed E-state index contributed by atoms with van der Waals surface area (Å²) in [5, 5.41) is 2.87. The van der Waals surface area contributed by atoms with Crippen LogP contribution in [0.25, 0.3) is 0 Å². The molecule has 42 heavy (non-hydrogen) atoms. The van der Waals surface area contributed by atoms with Crippen LogP contribution < -0.4 is 9.62 Å². The summed E-state index contributed by atoms with van der Waals surface area (Å²) in [5.74, 6) is -0.802. The number of rotatable bonds is 12. The fraction of sp³-hybridized carbons (Fsp3) is 0.212. The molecule has 4 aromatic rings. The molecular formula is C33H34BrN3O4S. The molecule has 0 saturated carbocycles. The molecule has 0 spiro atoms. The summed E-state index contributed by atoms with van der Waals surface area (Å²) in [7, 11) is -4.13. The quantitative estimate of drug-likeness (QED) is 0.213. The highest BCUT2D eigenvalue weighted by atomic mass is 79.9. The molecule has 0 aliphatic heterocycles. The summed E-state index contributed by atoms with van der Waals surface area (Å²) in [6.07, 6.45) is 0.270. The van der Waals surface area contributed by atoms with Crippen molar-refractivity contribution in [2.75, 3.05) is 17.4 Å². The third-order valence-corrected chi connectivity index (χ3v) is 9.08. The van der Waals surface area contributed by atoms with E-state index in [2.05, 4.69) is 21.2 Å². The van der Waals surface area contributed by atoms with Crippen molar-refractivity contribution in [3.05, 3.63) is 130 Å². The van der Waals surface area contributed by atoms with Gasteiger partial charge in [-0.2, -0.15) is 0 Å². The minimum atomic E-state index is -4.13. The van der Waals surface area contributed by atoms with Gasteiger partial charge in [0.2, 0.25) is 11.8 Å². The Hall–Kier alpha value is -3.95. The molecular weight excluding hydrogens is 614 g/mol. The van der Waals surface area contributed by atoms with Crippen LogP contribution in [0.5, 0.6) is 0 Å². The Labute approximate surface area is 256 Å². The van der Waals surface area contributed by atoms with Crippen molar-refractivity contribution in [2.24, 2.45) is 0 Å². The van der Waals surface area contributed by atoms with Gasteiger partial charge in [-0.15, -0.1) is 0 Å². The molecule has 0 bridgehead atoms. The lowest BCUT2D eigenvalue weighted by Crippen LogP contribution is -2.53. The van der Waals surface area contributed by atoms with Crippen LogP contribution in [-0.2, 0) is 32.6 Å². The van der Waals surface area contributed by atoms with Crippen LogP contribution >= 0.6 is 15.9 Å². The van der Waals surface area contributed by atoms with E-state index in [4.69, 9.17) is 0 Å². The molecule has 4 aromatic carbocycles. The van der Waals surface area contributed by atoms with Crippen LogP contribution in [-0.4, -0.2) is 44.3 Å². The molecule has 0 heterocycles. The van der Waals surface area contributed by atoms with Gasteiger partial charge < -0.3 is 10.2 Å². The summed E-state index contributed by atoms with van der Waals surface area (Å²) in [6.45, 7) is 3.83. The molecule has 0 aliphatic carbocycles. The van der Waals surface area contributed by atoms with E-state index in [9.17, 15) is 18.0 Å². The molecule has 9 heteroatoms. The highest BCUT2D eigenvalue weighted by Gasteiger charge is 2.34. The number of nitrogens with zero attached hydrogens (tertiary/aromatic N) is 2. The van der Waals surface area contributed by atoms with Crippen molar-refractivity contribution in [3.63, 3.8) is 0 Å². The average molecular weight is 649 g/mol. The molecule has 4 rings (SSSR count). The molecule has 0 saturated heterocycles. The zero-order chi connectivity index (χ0) is 30.1. The number of carbonyl (C=O) groups is 2. The van der Waals surface area contributed by atoms with Gasteiger partial charge in [0.15, 0.2) is 0 Å². The van der Waals surface area contributed by atoms with E-state index in [0.717, 1.165) is 21.0 Å². The normalized spacial score (nSPS) is 11.9. The summed E-state index contributed by atoms with van der Waals surface area (Å²) < 4.78 is 29.7. The Morgan fingerprint density at radius 2 is 1.48 bits per heavy atom. The van der Waals surface area contributed by atoms with E-state index in [1.807, 2.05) is 68.4 Å². The Morgan fingerprint density at radius 1 is 0.833 bits per heavy atom. The maximum Gasteiger partial charge on any atom is 0.264 e. The second kappa shape index (κ2) is 14.3. The topological polar surface area (TPSA) is 86.8 Å². The van der Waals surface area contributed by atoms with Gasteiger partial charge in [-0.1, -0.05) is 100 Å². The fourth-order valence-electron chi connectivity index (χ4n) is 4.62. The molecule has 0 aliphatic rings. The highest BCUT2D eigenvalue weighted by Crippen LogP contribution is 2.27. The second-order valence-electron chi connectivity index (χ2n) is 9.91. The summed E-state index contributed by atoms with van der Waals surface area (Å²) in [5.41, 5.74) is 3.11. The lowest BCUT2D eigenvalue weighted by Gasteiger charge is -2.34. The van der Waals surface area contributed by atoms with Crippen molar-refractivity contribution < 1.29 is 18.0 Å². The van der Waals surface area contributed by atoms with E-state index < -0.39 is 28.5 Å². The maximum absolute atomic E-state index is 14.3. The van der Waals surface area contributed by atoms with Crippen LogP contribution in [0.1, 0.15) is 23.6 Å². The van der Waals surface area contributed by atoms with Crippen LogP contribution in [0.2, 0.25) is 0 Å². The van der Waals surface area contributed by atoms with Gasteiger partial charge in [0.25, 0.3) is 10.0 Å². The van der Waals surface area contributed by atoms with Crippen LogP contribution in [0.3, 0.4) is 0 Å². The number of amides is 2. The van der Waals surface area contributed by atoms with Crippen molar-refractivity contribution in [2.45, 2.75) is 37.8 Å². The molecule has 2 amide bonds. The lowest BCUT2D eigenvalue weighted by molar-refractivity contribution is -0.140. The minimum Gasteiger partial charge on any atom is -0.355 e. The van der Waals surface area contributed by atoms with Gasteiger partial charge in [0, 0.05) is 24.0 Å². The first kappa shape index (κ1) is 31.0.